The molecular formula is C11H5BrF3NO2. The van der Waals surface area contributed by atoms with Crippen LogP contribution in [-0.2, 0) is 6.18 Å². The second kappa shape index (κ2) is 5.31. The molecule has 3 nitrogen and oxygen atoms in total. The van der Waals surface area contributed by atoms with Gasteiger partial charge in [-0.25, -0.2) is 0 Å². The molecule has 1 rings (SSSR count). The summed E-state index contributed by atoms with van der Waals surface area (Å²) < 4.78 is 38.1. The van der Waals surface area contributed by atoms with Crippen molar-refractivity contribution >= 4 is 28.0 Å². The first-order chi connectivity index (χ1) is 8.35. The number of alkyl halides is 4. The van der Waals surface area contributed by atoms with Gasteiger partial charge in [0, 0.05) is 11.1 Å². The number of ketones is 1. The van der Waals surface area contributed by atoms with E-state index in [-0.39, 0.29) is 17.2 Å². The van der Waals surface area contributed by atoms with E-state index in [9.17, 15) is 22.8 Å². The Kier molecular flexibility index (Phi) is 4.24. The molecule has 0 unspecified atom stereocenters. The van der Waals surface area contributed by atoms with Gasteiger partial charge < -0.3 is 0 Å². The van der Waals surface area contributed by atoms with Gasteiger partial charge in [-0.2, -0.15) is 18.4 Å². The van der Waals surface area contributed by atoms with Crippen molar-refractivity contribution in [3.63, 3.8) is 0 Å². The number of rotatable bonds is 3. The van der Waals surface area contributed by atoms with Crippen molar-refractivity contribution in [1.29, 1.82) is 5.26 Å². The fraction of sp³-hybridized carbons (Fsp3) is 0.182. The zero-order valence-electron chi connectivity index (χ0n) is 8.71. The Bertz CT molecular complexity index is 546. The number of nitriles is 1. The number of hydrogen-bond acceptors (Lipinski definition) is 3. The van der Waals surface area contributed by atoms with Crippen LogP contribution >= 0.6 is 15.9 Å². The summed E-state index contributed by atoms with van der Waals surface area (Å²) in [4.78, 5) is 22.0. The van der Waals surface area contributed by atoms with Crippen molar-refractivity contribution in [3.05, 3.63) is 34.4 Å². The third kappa shape index (κ3) is 2.76. The number of benzene rings is 1. The fourth-order valence-corrected chi connectivity index (χ4v) is 1.67. The van der Waals surface area contributed by atoms with E-state index < -0.39 is 28.6 Å². The maximum atomic E-state index is 12.7. The van der Waals surface area contributed by atoms with Crippen molar-refractivity contribution in [1.82, 2.24) is 0 Å². The summed E-state index contributed by atoms with van der Waals surface area (Å²) >= 11 is 2.82. The molecule has 0 amide bonds. The van der Waals surface area contributed by atoms with Crippen LogP contribution in [0.25, 0.3) is 0 Å². The van der Waals surface area contributed by atoms with Gasteiger partial charge in [-0.3, -0.25) is 9.59 Å². The summed E-state index contributed by atoms with van der Waals surface area (Å²) in [5, 5.41) is 8.51. The van der Waals surface area contributed by atoms with Gasteiger partial charge in [0.25, 0.3) is 0 Å². The van der Waals surface area contributed by atoms with Crippen LogP contribution in [0.15, 0.2) is 12.1 Å². The Hall–Kier alpha value is -1.68. The molecule has 0 saturated carbocycles. The normalized spacial score (nSPS) is 10.8. The highest BCUT2D eigenvalue weighted by Crippen LogP contribution is 2.34. The Morgan fingerprint density at radius 3 is 2.44 bits per heavy atom. The van der Waals surface area contributed by atoms with Crippen molar-refractivity contribution in [2.24, 2.45) is 0 Å². The average Bonchev–Trinajstić information content (AvgIpc) is 2.34. The molecule has 0 fully saturated rings. The molecule has 0 spiro atoms. The molecule has 18 heavy (non-hydrogen) atoms. The van der Waals surface area contributed by atoms with Gasteiger partial charge in [-0.05, 0) is 12.1 Å². The molecule has 0 aliphatic rings. The van der Waals surface area contributed by atoms with Gasteiger partial charge in [-0.15, -0.1) is 0 Å². The van der Waals surface area contributed by atoms with Crippen LogP contribution in [0.4, 0.5) is 13.2 Å². The minimum Gasteiger partial charge on any atom is -0.298 e. The van der Waals surface area contributed by atoms with Gasteiger partial charge in [-0.1, -0.05) is 15.9 Å². The van der Waals surface area contributed by atoms with Crippen LogP contribution in [0.5, 0.6) is 0 Å². The van der Waals surface area contributed by atoms with E-state index in [0.717, 1.165) is 6.07 Å². The van der Waals surface area contributed by atoms with E-state index in [1.54, 1.807) is 0 Å². The predicted octanol–water partition coefficient (Wildman–Crippen LogP) is 2.97. The molecule has 7 heteroatoms. The molecule has 0 heterocycles. The quantitative estimate of drug-likeness (QED) is 0.489. The summed E-state index contributed by atoms with van der Waals surface area (Å²) in [5.41, 5.74) is -2.76. The summed E-state index contributed by atoms with van der Waals surface area (Å²) in [7, 11) is 0. The van der Waals surface area contributed by atoms with Crippen LogP contribution in [0.2, 0.25) is 0 Å². The molecular weight excluding hydrogens is 315 g/mol. The number of carbonyl (C=O) groups is 2. The summed E-state index contributed by atoms with van der Waals surface area (Å²) in [6, 6.07) is 2.89. The second-order valence-corrected chi connectivity index (χ2v) is 3.83. The lowest BCUT2D eigenvalue weighted by Crippen LogP contribution is -2.13. The van der Waals surface area contributed by atoms with E-state index in [0.29, 0.717) is 6.07 Å². The highest BCUT2D eigenvalue weighted by molar-refractivity contribution is 9.09. The molecule has 1 aromatic rings. The molecule has 94 valence electrons. The third-order valence-corrected chi connectivity index (χ3v) is 2.67. The lowest BCUT2D eigenvalue weighted by Gasteiger charge is -2.11. The number of nitrogens with zero attached hydrogens (tertiary/aromatic N) is 1. The van der Waals surface area contributed by atoms with E-state index in [1.807, 2.05) is 0 Å². The van der Waals surface area contributed by atoms with Crippen molar-refractivity contribution < 1.29 is 22.8 Å². The number of halogens is 4. The maximum absolute atomic E-state index is 12.7. The van der Waals surface area contributed by atoms with Crippen LogP contribution in [0.1, 0.15) is 31.8 Å². The lowest BCUT2D eigenvalue weighted by molar-refractivity contribution is -0.137. The maximum Gasteiger partial charge on any atom is 0.417 e. The van der Waals surface area contributed by atoms with E-state index >= 15 is 0 Å². The van der Waals surface area contributed by atoms with Crippen LogP contribution < -0.4 is 0 Å². The predicted molar refractivity (Wildman–Crippen MR) is 59.7 cm³/mol. The molecule has 0 atom stereocenters. The fourth-order valence-electron chi connectivity index (χ4n) is 1.34. The molecule has 0 aliphatic carbocycles. The molecule has 0 bridgehead atoms. The highest BCUT2D eigenvalue weighted by atomic mass is 79.9. The second-order valence-electron chi connectivity index (χ2n) is 3.27. The number of carbonyl (C=O) groups excluding carboxylic acids is 2. The molecule has 0 saturated heterocycles. The van der Waals surface area contributed by atoms with Gasteiger partial charge in [0.05, 0.1) is 16.5 Å². The van der Waals surface area contributed by atoms with Crippen molar-refractivity contribution in [3.8, 4) is 6.07 Å². The molecule has 0 N–H and O–H groups in total. The van der Waals surface area contributed by atoms with Crippen LogP contribution in [0, 0.1) is 11.3 Å². The summed E-state index contributed by atoms with van der Waals surface area (Å²) in [6.45, 7) is 0. The van der Waals surface area contributed by atoms with Gasteiger partial charge in [0.2, 0.25) is 0 Å². The van der Waals surface area contributed by atoms with Crippen molar-refractivity contribution in [2.75, 3.05) is 5.33 Å². The standard InChI is InChI=1S/C11H5BrF3NO2/c12-3-10(18)6-1-7(5-17)8(4-16)9(2-6)11(13,14)15/h1-2,5H,3H2. The first-order valence-corrected chi connectivity index (χ1v) is 5.67. The van der Waals surface area contributed by atoms with E-state index in [2.05, 4.69) is 15.9 Å². The van der Waals surface area contributed by atoms with E-state index in [1.165, 1.54) is 6.07 Å². The Labute approximate surface area is 108 Å². The van der Waals surface area contributed by atoms with Crippen LogP contribution in [0.3, 0.4) is 0 Å². The van der Waals surface area contributed by atoms with Crippen LogP contribution in [-0.4, -0.2) is 17.4 Å². The monoisotopic (exact) mass is 319 g/mol. The third-order valence-electron chi connectivity index (χ3n) is 2.16. The Balaban J connectivity index is 3.62. The Morgan fingerprint density at radius 1 is 1.44 bits per heavy atom. The van der Waals surface area contributed by atoms with Gasteiger partial charge in [0.15, 0.2) is 12.1 Å². The average molecular weight is 320 g/mol. The largest absolute Gasteiger partial charge is 0.417 e. The summed E-state index contributed by atoms with van der Waals surface area (Å²) in [5.74, 6) is -0.604. The smallest absolute Gasteiger partial charge is 0.298 e. The zero-order chi connectivity index (χ0) is 13.9. The van der Waals surface area contributed by atoms with Gasteiger partial charge >= 0.3 is 6.18 Å². The SMILES string of the molecule is N#Cc1c(C=O)cc(C(=O)CBr)cc1C(F)(F)F. The van der Waals surface area contributed by atoms with Crippen molar-refractivity contribution in [2.45, 2.75) is 6.18 Å². The molecule has 1 aromatic carbocycles. The molecule has 0 aliphatic heterocycles. The molecule has 0 aromatic heterocycles. The number of aldehydes is 1. The first kappa shape index (κ1) is 14.4. The topological polar surface area (TPSA) is 57.9 Å². The Morgan fingerprint density at radius 2 is 2.06 bits per heavy atom. The number of Topliss-reactive ketones (excluding diaryl/α,β-unsaturated/α-hetero) is 1. The highest BCUT2D eigenvalue weighted by Gasteiger charge is 2.35. The van der Waals surface area contributed by atoms with E-state index in [4.69, 9.17) is 5.26 Å². The first-order valence-electron chi connectivity index (χ1n) is 4.54. The molecule has 0 radical (unpaired) electrons. The van der Waals surface area contributed by atoms with Gasteiger partial charge in [0.1, 0.15) is 6.07 Å². The minimum atomic E-state index is -4.80. The lowest BCUT2D eigenvalue weighted by atomic mass is 9.97. The zero-order valence-corrected chi connectivity index (χ0v) is 10.3. The summed E-state index contributed by atoms with van der Waals surface area (Å²) in [6.07, 6.45) is -4.68. The number of hydrogen-bond donors (Lipinski definition) is 0. The minimum absolute atomic E-state index is 0.124.